The lowest BCUT2D eigenvalue weighted by atomic mass is 9.99. The molecule has 2 aromatic carbocycles. The molecule has 0 N–H and O–H groups in total. The lowest BCUT2D eigenvalue weighted by Gasteiger charge is -2.25. The molecule has 0 bridgehead atoms. The summed E-state index contributed by atoms with van der Waals surface area (Å²) in [5, 5.41) is 0. The van der Waals surface area contributed by atoms with E-state index in [4.69, 9.17) is 0 Å². The number of nitrogens with zero attached hydrogens (tertiary/aromatic N) is 3. The van der Waals surface area contributed by atoms with Crippen molar-refractivity contribution in [3.8, 4) is 0 Å². The van der Waals surface area contributed by atoms with E-state index in [1.165, 1.54) is 4.90 Å². The smallest absolute Gasteiger partial charge is 0.282 e. The normalized spacial score (nSPS) is 13.8. The Hall–Kier alpha value is -3.73. The highest BCUT2D eigenvalue weighted by Gasteiger charge is 2.42. The van der Waals surface area contributed by atoms with E-state index in [-0.39, 0.29) is 11.8 Å². The van der Waals surface area contributed by atoms with E-state index in [2.05, 4.69) is 4.98 Å². The zero-order valence-corrected chi connectivity index (χ0v) is 19.6. The summed E-state index contributed by atoms with van der Waals surface area (Å²) >= 11 is 0. The maximum Gasteiger partial charge on any atom is 0.282 e. The molecule has 2 amide bonds. The second-order valence-corrected chi connectivity index (χ2v) is 8.49. The van der Waals surface area contributed by atoms with Crippen molar-refractivity contribution in [2.24, 2.45) is 0 Å². The molecule has 33 heavy (non-hydrogen) atoms. The van der Waals surface area contributed by atoms with Crippen LogP contribution in [0.1, 0.15) is 34.7 Å². The largest absolute Gasteiger partial charge is 0.366 e. The SMILES string of the molecule is CCN(CCc1ccncc1)C1=C(c2ccc(C)c(C)c2)C(=O)N(c2ccc(C)cc2)C1=O. The van der Waals surface area contributed by atoms with Crippen LogP contribution in [-0.2, 0) is 16.0 Å². The standard InChI is InChI=1S/C28H29N3O2/c1-5-30(17-14-22-12-15-29-16-13-22)26-25(23-9-8-20(3)21(4)18-23)27(32)31(28(26)33)24-10-6-19(2)7-11-24/h6-13,15-16,18H,5,14,17H2,1-4H3. The van der Waals surface area contributed by atoms with Crippen LogP contribution in [0, 0.1) is 20.8 Å². The first-order valence-electron chi connectivity index (χ1n) is 11.3. The zero-order chi connectivity index (χ0) is 23.5. The molecule has 0 atom stereocenters. The van der Waals surface area contributed by atoms with Crippen LogP contribution in [0.2, 0.25) is 0 Å². The van der Waals surface area contributed by atoms with Gasteiger partial charge >= 0.3 is 0 Å². The summed E-state index contributed by atoms with van der Waals surface area (Å²) in [6.07, 6.45) is 4.30. The first-order valence-corrected chi connectivity index (χ1v) is 11.3. The lowest BCUT2D eigenvalue weighted by molar-refractivity contribution is -0.120. The quantitative estimate of drug-likeness (QED) is 0.494. The fourth-order valence-corrected chi connectivity index (χ4v) is 4.14. The van der Waals surface area contributed by atoms with Gasteiger partial charge in [0.15, 0.2) is 0 Å². The van der Waals surface area contributed by atoms with Crippen LogP contribution < -0.4 is 4.90 Å². The molecule has 168 valence electrons. The van der Waals surface area contributed by atoms with Crippen molar-refractivity contribution in [1.82, 2.24) is 9.88 Å². The average Bonchev–Trinajstić information content (AvgIpc) is 3.07. The monoisotopic (exact) mass is 439 g/mol. The van der Waals surface area contributed by atoms with Gasteiger partial charge in [0.25, 0.3) is 11.8 Å². The number of benzene rings is 2. The number of hydrogen-bond donors (Lipinski definition) is 0. The Morgan fingerprint density at radius 2 is 1.55 bits per heavy atom. The molecule has 0 spiro atoms. The molecule has 1 aliphatic rings. The molecule has 0 aliphatic carbocycles. The van der Waals surface area contributed by atoms with Crippen LogP contribution in [-0.4, -0.2) is 34.8 Å². The number of rotatable bonds is 7. The Morgan fingerprint density at radius 3 is 2.18 bits per heavy atom. The molecule has 1 aromatic heterocycles. The summed E-state index contributed by atoms with van der Waals surface area (Å²) in [5.74, 6) is -0.543. The molecule has 2 heterocycles. The maximum atomic E-state index is 13.7. The van der Waals surface area contributed by atoms with Gasteiger partial charge in [-0.3, -0.25) is 14.6 Å². The third kappa shape index (κ3) is 4.44. The number of amides is 2. The van der Waals surface area contributed by atoms with Crippen molar-refractivity contribution in [3.63, 3.8) is 0 Å². The van der Waals surface area contributed by atoms with Crippen LogP contribution in [0.15, 0.2) is 72.7 Å². The lowest BCUT2D eigenvalue weighted by Crippen LogP contribution is -2.36. The molecule has 0 fully saturated rings. The summed E-state index contributed by atoms with van der Waals surface area (Å²) in [6, 6.07) is 17.4. The molecular weight excluding hydrogens is 410 g/mol. The van der Waals surface area contributed by atoms with E-state index in [9.17, 15) is 9.59 Å². The van der Waals surface area contributed by atoms with E-state index in [1.807, 2.05) is 87.2 Å². The molecular formula is C28H29N3O2. The van der Waals surface area contributed by atoms with Gasteiger partial charge in [0.2, 0.25) is 0 Å². The fraction of sp³-hybridized carbons (Fsp3) is 0.250. The van der Waals surface area contributed by atoms with E-state index in [0.29, 0.717) is 30.0 Å². The Labute approximate surface area is 195 Å². The Morgan fingerprint density at radius 1 is 0.848 bits per heavy atom. The minimum atomic E-state index is -0.274. The van der Waals surface area contributed by atoms with E-state index in [0.717, 1.165) is 34.2 Å². The average molecular weight is 440 g/mol. The number of carbonyl (C=O) groups is 2. The van der Waals surface area contributed by atoms with Crippen LogP contribution in [0.4, 0.5) is 5.69 Å². The number of aromatic nitrogens is 1. The second kappa shape index (κ2) is 9.41. The summed E-state index contributed by atoms with van der Waals surface area (Å²) in [6.45, 7) is 9.32. The van der Waals surface area contributed by atoms with Gasteiger partial charge in [-0.25, -0.2) is 4.90 Å². The van der Waals surface area contributed by atoms with Gasteiger partial charge in [-0.05, 0) is 80.6 Å². The van der Waals surface area contributed by atoms with Crippen molar-refractivity contribution in [3.05, 3.63) is 101 Å². The van der Waals surface area contributed by atoms with Crippen LogP contribution >= 0.6 is 0 Å². The third-order valence-corrected chi connectivity index (χ3v) is 6.26. The fourth-order valence-electron chi connectivity index (χ4n) is 4.14. The molecule has 0 unspecified atom stereocenters. The first kappa shape index (κ1) is 22.5. The van der Waals surface area contributed by atoms with Gasteiger partial charge in [-0.15, -0.1) is 0 Å². The Kier molecular flexibility index (Phi) is 6.40. The van der Waals surface area contributed by atoms with Crippen molar-refractivity contribution >= 4 is 23.1 Å². The van der Waals surface area contributed by atoms with Crippen molar-refractivity contribution in [1.29, 1.82) is 0 Å². The highest BCUT2D eigenvalue weighted by Crippen LogP contribution is 2.35. The van der Waals surface area contributed by atoms with Crippen molar-refractivity contribution in [2.75, 3.05) is 18.0 Å². The third-order valence-electron chi connectivity index (χ3n) is 6.26. The predicted molar refractivity (Wildman–Crippen MR) is 132 cm³/mol. The van der Waals surface area contributed by atoms with Gasteiger partial charge in [-0.2, -0.15) is 0 Å². The van der Waals surface area contributed by atoms with Crippen LogP contribution in [0.25, 0.3) is 5.57 Å². The molecule has 3 aromatic rings. The van der Waals surface area contributed by atoms with E-state index >= 15 is 0 Å². The highest BCUT2D eigenvalue weighted by molar-refractivity contribution is 6.45. The van der Waals surface area contributed by atoms with Crippen molar-refractivity contribution in [2.45, 2.75) is 34.1 Å². The number of likely N-dealkylation sites (N-methyl/N-ethyl adjacent to an activating group) is 1. The molecule has 0 saturated carbocycles. The number of pyridine rings is 1. The number of carbonyl (C=O) groups excluding carboxylic acids is 2. The van der Waals surface area contributed by atoms with E-state index in [1.54, 1.807) is 12.4 Å². The molecule has 0 saturated heterocycles. The molecule has 0 radical (unpaired) electrons. The minimum absolute atomic E-state index is 0.270. The number of hydrogen-bond acceptors (Lipinski definition) is 4. The summed E-state index contributed by atoms with van der Waals surface area (Å²) < 4.78 is 0. The second-order valence-electron chi connectivity index (χ2n) is 8.49. The number of imide groups is 1. The summed E-state index contributed by atoms with van der Waals surface area (Å²) in [5.41, 5.74) is 6.78. The van der Waals surface area contributed by atoms with Crippen molar-refractivity contribution < 1.29 is 9.59 Å². The number of anilines is 1. The number of aryl methyl sites for hydroxylation is 3. The van der Waals surface area contributed by atoms with Gasteiger partial charge in [0, 0.05) is 25.5 Å². The predicted octanol–water partition coefficient (Wildman–Crippen LogP) is 4.86. The Balaban J connectivity index is 1.78. The molecule has 4 rings (SSSR count). The van der Waals surface area contributed by atoms with Gasteiger partial charge in [0.05, 0.1) is 11.3 Å². The molecule has 5 nitrogen and oxygen atoms in total. The van der Waals surface area contributed by atoms with Crippen LogP contribution in [0.3, 0.4) is 0 Å². The zero-order valence-electron chi connectivity index (χ0n) is 19.6. The molecule has 5 heteroatoms. The van der Waals surface area contributed by atoms with Gasteiger partial charge < -0.3 is 4.90 Å². The Bertz CT molecular complexity index is 1210. The van der Waals surface area contributed by atoms with E-state index < -0.39 is 0 Å². The summed E-state index contributed by atoms with van der Waals surface area (Å²) in [7, 11) is 0. The highest BCUT2D eigenvalue weighted by atomic mass is 16.2. The van der Waals surface area contributed by atoms with Gasteiger partial charge in [-0.1, -0.05) is 35.9 Å². The minimum Gasteiger partial charge on any atom is -0.366 e. The molecule has 1 aliphatic heterocycles. The summed E-state index contributed by atoms with van der Waals surface area (Å²) in [4.78, 5) is 34.9. The topological polar surface area (TPSA) is 53.5 Å². The maximum absolute atomic E-state index is 13.7. The van der Waals surface area contributed by atoms with Gasteiger partial charge in [0.1, 0.15) is 5.70 Å². The van der Waals surface area contributed by atoms with Crippen LogP contribution in [0.5, 0.6) is 0 Å². The first-order chi connectivity index (χ1) is 15.9.